The first-order valence-corrected chi connectivity index (χ1v) is 7.32. The van der Waals surface area contributed by atoms with Gasteiger partial charge in [-0.1, -0.05) is 36.7 Å². The van der Waals surface area contributed by atoms with E-state index >= 15 is 0 Å². The summed E-state index contributed by atoms with van der Waals surface area (Å²) in [6.07, 6.45) is 0. The van der Waals surface area contributed by atoms with E-state index in [0.29, 0.717) is 17.5 Å². The van der Waals surface area contributed by atoms with E-state index in [0.717, 1.165) is 0 Å². The van der Waals surface area contributed by atoms with Crippen LogP contribution in [0.3, 0.4) is 0 Å². The van der Waals surface area contributed by atoms with Gasteiger partial charge in [-0.15, -0.1) is 11.8 Å². The van der Waals surface area contributed by atoms with E-state index < -0.39 is 0 Å². The van der Waals surface area contributed by atoms with E-state index in [-0.39, 0.29) is 12.0 Å². The minimum Gasteiger partial charge on any atom is -0.338 e. The van der Waals surface area contributed by atoms with Gasteiger partial charge < -0.3 is 10.3 Å². The number of hydrogen-bond acceptors (Lipinski definition) is 5. The topological polar surface area (TPSA) is 64.9 Å². The third-order valence-electron chi connectivity index (χ3n) is 2.88. The fraction of sp³-hybridized carbons (Fsp3) is 0.429. The van der Waals surface area contributed by atoms with Crippen molar-refractivity contribution in [2.45, 2.75) is 37.5 Å². The van der Waals surface area contributed by atoms with Crippen molar-refractivity contribution < 1.29 is 4.52 Å². The van der Waals surface area contributed by atoms with Crippen LogP contribution in [0.15, 0.2) is 33.7 Å². The first-order valence-electron chi connectivity index (χ1n) is 6.34. The number of aromatic nitrogens is 2. The summed E-state index contributed by atoms with van der Waals surface area (Å²) in [7, 11) is 0. The quantitative estimate of drug-likeness (QED) is 0.849. The monoisotopic (exact) mass is 277 g/mol. The summed E-state index contributed by atoms with van der Waals surface area (Å²) in [5.41, 5.74) is 7.23. The summed E-state index contributed by atoms with van der Waals surface area (Å²) in [5.74, 6) is 2.20. The molecule has 1 aromatic heterocycles. The Hall–Kier alpha value is -1.33. The Kier molecular flexibility index (Phi) is 4.61. The Bertz CT molecular complexity index is 522. The van der Waals surface area contributed by atoms with E-state index in [4.69, 9.17) is 10.3 Å². The van der Waals surface area contributed by atoms with Crippen molar-refractivity contribution in [1.82, 2.24) is 10.1 Å². The lowest BCUT2D eigenvalue weighted by atomic mass is 10.1. The second-order valence-corrected chi connectivity index (χ2v) is 5.97. The molecule has 2 N–H and O–H groups in total. The van der Waals surface area contributed by atoms with Gasteiger partial charge in [0.2, 0.25) is 5.89 Å². The fourth-order valence-electron chi connectivity index (χ4n) is 1.53. The number of rotatable bonds is 5. The highest BCUT2D eigenvalue weighted by atomic mass is 32.2. The molecular formula is C14H19N3OS. The van der Waals surface area contributed by atoms with Crippen LogP contribution in [0.1, 0.15) is 37.2 Å². The van der Waals surface area contributed by atoms with Gasteiger partial charge in [0.15, 0.2) is 5.82 Å². The number of hydrogen-bond donors (Lipinski definition) is 1. The predicted octanol–water partition coefficient (Wildman–Crippen LogP) is 3.33. The van der Waals surface area contributed by atoms with E-state index in [9.17, 15) is 0 Å². The highest BCUT2D eigenvalue weighted by Gasteiger charge is 2.17. The minimum atomic E-state index is -0.189. The highest BCUT2D eigenvalue weighted by Crippen LogP contribution is 2.23. The number of aryl methyl sites for hydroxylation is 1. The molecule has 0 aliphatic heterocycles. The zero-order chi connectivity index (χ0) is 13.8. The standard InChI is InChI=1S/C14H19N3OS/c1-9(2)13(15)14-16-12(17-18-14)8-19-11-6-4-10(3)5-7-11/h4-7,9,13H,8,15H2,1-3H3/t13-/m0/s1. The number of thioether (sulfide) groups is 1. The number of nitrogens with zero attached hydrogens (tertiary/aromatic N) is 2. The first kappa shape index (κ1) is 14.1. The molecule has 0 aliphatic rings. The molecule has 0 fully saturated rings. The molecule has 0 radical (unpaired) electrons. The van der Waals surface area contributed by atoms with Crippen LogP contribution in [0.5, 0.6) is 0 Å². The van der Waals surface area contributed by atoms with Crippen molar-refractivity contribution >= 4 is 11.8 Å². The molecular weight excluding hydrogens is 258 g/mol. The molecule has 19 heavy (non-hydrogen) atoms. The Balaban J connectivity index is 1.95. The third-order valence-corrected chi connectivity index (χ3v) is 3.88. The molecule has 0 aliphatic carbocycles. The summed E-state index contributed by atoms with van der Waals surface area (Å²) < 4.78 is 5.20. The molecule has 102 valence electrons. The van der Waals surface area contributed by atoms with Crippen molar-refractivity contribution in [3.05, 3.63) is 41.5 Å². The van der Waals surface area contributed by atoms with Gasteiger partial charge in [0, 0.05) is 4.90 Å². The molecule has 0 bridgehead atoms. The van der Waals surface area contributed by atoms with Gasteiger partial charge in [0.1, 0.15) is 0 Å². The maximum Gasteiger partial charge on any atom is 0.243 e. The summed E-state index contributed by atoms with van der Waals surface area (Å²) in [6.45, 7) is 6.15. The van der Waals surface area contributed by atoms with Crippen LogP contribution >= 0.6 is 11.8 Å². The van der Waals surface area contributed by atoms with Crippen LogP contribution in [-0.2, 0) is 5.75 Å². The summed E-state index contributed by atoms with van der Waals surface area (Å²) >= 11 is 1.69. The minimum absolute atomic E-state index is 0.189. The third kappa shape index (κ3) is 3.81. The van der Waals surface area contributed by atoms with Gasteiger partial charge in [-0.25, -0.2) is 0 Å². The van der Waals surface area contributed by atoms with E-state index in [1.165, 1.54) is 10.5 Å². The lowest BCUT2D eigenvalue weighted by molar-refractivity contribution is 0.323. The summed E-state index contributed by atoms with van der Waals surface area (Å²) in [4.78, 5) is 5.54. The van der Waals surface area contributed by atoms with Crippen molar-refractivity contribution in [2.24, 2.45) is 11.7 Å². The maximum atomic E-state index is 5.97. The molecule has 2 rings (SSSR count). The average molecular weight is 277 g/mol. The van der Waals surface area contributed by atoms with Crippen LogP contribution in [0.25, 0.3) is 0 Å². The molecule has 4 nitrogen and oxygen atoms in total. The summed E-state index contributed by atoms with van der Waals surface area (Å²) in [5, 5.41) is 3.97. The van der Waals surface area contributed by atoms with Gasteiger partial charge >= 0.3 is 0 Å². The molecule has 0 amide bonds. The Morgan fingerprint density at radius 3 is 2.58 bits per heavy atom. The fourth-order valence-corrected chi connectivity index (χ4v) is 2.27. The SMILES string of the molecule is Cc1ccc(SCc2noc([C@@H](N)C(C)C)n2)cc1. The lowest BCUT2D eigenvalue weighted by Crippen LogP contribution is -2.17. The smallest absolute Gasteiger partial charge is 0.243 e. The van der Waals surface area contributed by atoms with Crippen LogP contribution in [0.2, 0.25) is 0 Å². The second-order valence-electron chi connectivity index (χ2n) is 4.92. The first-order chi connectivity index (χ1) is 9.06. The van der Waals surface area contributed by atoms with E-state index in [2.05, 4.69) is 41.3 Å². The van der Waals surface area contributed by atoms with Crippen molar-refractivity contribution in [3.8, 4) is 0 Å². The van der Waals surface area contributed by atoms with Crippen LogP contribution in [-0.4, -0.2) is 10.1 Å². The Morgan fingerprint density at radius 1 is 1.26 bits per heavy atom. The lowest BCUT2D eigenvalue weighted by Gasteiger charge is -2.09. The van der Waals surface area contributed by atoms with Crippen molar-refractivity contribution in [2.75, 3.05) is 0 Å². The molecule has 0 saturated heterocycles. The molecule has 1 aromatic carbocycles. The van der Waals surface area contributed by atoms with Crippen molar-refractivity contribution in [3.63, 3.8) is 0 Å². The summed E-state index contributed by atoms with van der Waals surface area (Å²) in [6, 6.07) is 8.20. The Morgan fingerprint density at radius 2 is 1.95 bits per heavy atom. The van der Waals surface area contributed by atoms with Gasteiger partial charge in [0.05, 0.1) is 11.8 Å². The average Bonchev–Trinajstić information content (AvgIpc) is 2.86. The highest BCUT2D eigenvalue weighted by molar-refractivity contribution is 7.98. The number of nitrogens with two attached hydrogens (primary N) is 1. The molecule has 2 aromatic rings. The zero-order valence-corrected chi connectivity index (χ0v) is 12.3. The largest absolute Gasteiger partial charge is 0.338 e. The molecule has 1 atom stereocenters. The normalized spacial score (nSPS) is 12.9. The van der Waals surface area contributed by atoms with E-state index in [1.807, 2.05) is 13.8 Å². The van der Waals surface area contributed by atoms with Crippen LogP contribution in [0.4, 0.5) is 0 Å². The molecule has 5 heteroatoms. The zero-order valence-electron chi connectivity index (χ0n) is 11.5. The van der Waals surface area contributed by atoms with Crippen LogP contribution < -0.4 is 5.73 Å². The maximum absolute atomic E-state index is 5.97. The van der Waals surface area contributed by atoms with Gasteiger partial charge in [-0.3, -0.25) is 0 Å². The number of benzene rings is 1. The van der Waals surface area contributed by atoms with Gasteiger partial charge in [-0.2, -0.15) is 4.98 Å². The predicted molar refractivity (Wildman–Crippen MR) is 76.8 cm³/mol. The van der Waals surface area contributed by atoms with Crippen LogP contribution in [0, 0.1) is 12.8 Å². The second kappa shape index (κ2) is 6.21. The van der Waals surface area contributed by atoms with E-state index in [1.54, 1.807) is 11.8 Å². The molecule has 1 heterocycles. The van der Waals surface area contributed by atoms with Gasteiger partial charge in [0.25, 0.3) is 0 Å². The molecule has 0 spiro atoms. The van der Waals surface area contributed by atoms with Crippen molar-refractivity contribution in [1.29, 1.82) is 0 Å². The molecule has 0 saturated carbocycles. The Labute approximate surface area is 117 Å². The van der Waals surface area contributed by atoms with Gasteiger partial charge in [-0.05, 0) is 25.0 Å². The molecule has 0 unspecified atom stereocenters.